The fraction of sp³-hybridized carbons (Fsp3) is 0.381. The molecule has 1 unspecified atom stereocenters. The van der Waals surface area contributed by atoms with Gasteiger partial charge < -0.3 is 14.6 Å². The molecule has 0 spiro atoms. The van der Waals surface area contributed by atoms with Gasteiger partial charge in [-0.3, -0.25) is 9.48 Å². The van der Waals surface area contributed by atoms with Crippen LogP contribution in [0.15, 0.2) is 35.0 Å². The second kappa shape index (κ2) is 8.29. The zero-order valence-electron chi connectivity index (χ0n) is 16.9. The van der Waals surface area contributed by atoms with Crippen molar-refractivity contribution in [1.29, 1.82) is 0 Å². The third-order valence-electron chi connectivity index (χ3n) is 4.83. The van der Waals surface area contributed by atoms with Crippen molar-refractivity contribution in [1.82, 2.24) is 20.3 Å². The second-order valence-electron chi connectivity index (χ2n) is 6.87. The minimum Gasteiger partial charge on any atom is -0.489 e. The van der Waals surface area contributed by atoms with Gasteiger partial charge in [0.2, 0.25) is 0 Å². The fourth-order valence-electron chi connectivity index (χ4n) is 3.15. The average molecular weight is 382 g/mol. The van der Waals surface area contributed by atoms with Crippen LogP contribution in [0.1, 0.15) is 58.5 Å². The van der Waals surface area contributed by atoms with Crippen LogP contribution in [0.3, 0.4) is 0 Å². The number of aromatic nitrogens is 3. The summed E-state index contributed by atoms with van der Waals surface area (Å²) in [6.45, 7) is 10.7. The van der Waals surface area contributed by atoms with Crippen LogP contribution >= 0.6 is 0 Å². The maximum atomic E-state index is 12.8. The molecule has 2 heterocycles. The number of hydrogen-bond donors (Lipinski definition) is 1. The zero-order valence-corrected chi connectivity index (χ0v) is 16.9. The van der Waals surface area contributed by atoms with Crippen LogP contribution in [0.25, 0.3) is 0 Å². The molecule has 0 aliphatic rings. The average Bonchev–Trinajstić information content (AvgIpc) is 3.22. The predicted molar refractivity (Wildman–Crippen MR) is 105 cm³/mol. The van der Waals surface area contributed by atoms with E-state index in [9.17, 15) is 4.79 Å². The standard InChI is InChI=1S/C21H26N4O3/c1-6-25-15(4)18(11-22-25)14(3)23-21(26)20-19(16(5)28-24-20)12-27-17-9-7-8-13(2)10-17/h7-11,14H,6,12H2,1-5H3,(H,23,26). The highest BCUT2D eigenvalue weighted by molar-refractivity contribution is 5.94. The van der Waals surface area contributed by atoms with Gasteiger partial charge in [0.1, 0.15) is 18.1 Å². The van der Waals surface area contributed by atoms with Gasteiger partial charge >= 0.3 is 0 Å². The maximum absolute atomic E-state index is 12.8. The number of rotatable bonds is 7. The molecule has 0 fully saturated rings. The van der Waals surface area contributed by atoms with Crippen molar-refractivity contribution < 1.29 is 14.1 Å². The van der Waals surface area contributed by atoms with E-state index in [-0.39, 0.29) is 24.2 Å². The van der Waals surface area contributed by atoms with Gasteiger partial charge in [0, 0.05) is 17.8 Å². The molecule has 0 saturated carbocycles. The maximum Gasteiger partial charge on any atom is 0.274 e. The molecule has 7 heteroatoms. The van der Waals surface area contributed by atoms with Crippen molar-refractivity contribution in [2.45, 2.75) is 53.8 Å². The van der Waals surface area contributed by atoms with Crippen molar-refractivity contribution >= 4 is 5.91 Å². The lowest BCUT2D eigenvalue weighted by Gasteiger charge is -2.14. The van der Waals surface area contributed by atoms with E-state index >= 15 is 0 Å². The van der Waals surface area contributed by atoms with E-state index in [1.165, 1.54) is 0 Å². The van der Waals surface area contributed by atoms with Crippen LogP contribution in [0.2, 0.25) is 0 Å². The van der Waals surface area contributed by atoms with Crippen molar-refractivity contribution in [2.75, 3.05) is 0 Å². The number of hydrogen-bond acceptors (Lipinski definition) is 5. The fourth-order valence-corrected chi connectivity index (χ4v) is 3.15. The monoisotopic (exact) mass is 382 g/mol. The minimum absolute atomic E-state index is 0.199. The summed E-state index contributed by atoms with van der Waals surface area (Å²) in [6.07, 6.45) is 1.79. The first kappa shape index (κ1) is 19.7. The molecular weight excluding hydrogens is 356 g/mol. The molecule has 0 aliphatic heterocycles. The summed E-state index contributed by atoms with van der Waals surface area (Å²) in [5, 5.41) is 11.3. The Labute approximate surface area is 164 Å². The third kappa shape index (κ3) is 4.08. The van der Waals surface area contributed by atoms with Gasteiger partial charge in [-0.2, -0.15) is 5.10 Å². The molecule has 2 aromatic heterocycles. The first-order valence-electron chi connectivity index (χ1n) is 9.38. The first-order valence-corrected chi connectivity index (χ1v) is 9.38. The molecule has 1 aromatic carbocycles. The number of nitrogens with one attached hydrogen (secondary N) is 1. The van der Waals surface area contributed by atoms with E-state index < -0.39 is 0 Å². The van der Waals surface area contributed by atoms with Crippen LogP contribution in [0, 0.1) is 20.8 Å². The Morgan fingerprint density at radius 2 is 2.11 bits per heavy atom. The lowest BCUT2D eigenvalue weighted by atomic mass is 10.1. The molecule has 0 saturated heterocycles. The Hall–Kier alpha value is -3.09. The Balaban J connectivity index is 1.72. The molecule has 0 bridgehead atoms. The van der Waals surface area contributed by atoms with Gasteiger partial charge in [-0.05, 0) is 52.3 Å². The Bertz CT molecular complexity index is 974. The Kier molecular flexibility index (Phi) is 5.82. The number of ether oxygens (including phenoxy) is 1. The van der Waals surface area contributed by atoms with Crippen LogP contribution in [0.5, 0.6) is 5.75 Å². The molecule has 1 atom stereocenters. The number of carbonyl (C=O) groups excluding carboxylic acids is 1. The molecule has 3 rings (SSSR count). The van der Waals surface area contributed by atoms with Gasteiger partial charge in [-0.25, -0.2) is 0 Å². The summed E-state index contributed by atoms with van der Waals surface area (Å²) in [5.41, 5.74) is 4.02. The molecule has 3 aromatic rings. The molecule has 148 valence electrons. The molecule has 0 aliphatic carbocycles. The third-order valence-corrected chi connectivity index (χ3v) is 4.83. The van der Waals surface area contributed by atoms with Crippen LogP contribution < -0.4 is 10.1 Å². The van der Waals surface area contributed by atoms with Crippen molar-refractivity contribution in [3.8, 4) is 5.75 Å². The van der Waals surface area contributed by atoms with Crippen LogP contribution in [-0.2, 0) is 13.2 Å². The molecule has 7 nitrogen and oxygen atoms in total. The SMILES string of the molecule is CCn1ncc(C(C)NC(=O)c2noc(C)c2COc2cccc(C)c2)c1C. The highest BCUT2D eigenvalue weighted by Crippen LogP contribution is 2.21. The van der Waals surface area contributed by atoms with E-state index in [0.717, 1.165) is 29.1 Å². The minimum atomic E-state index is -0.296. The first-order chi connectivity index (χ1) is 13.4. The summed E-state index contributed by atoms with van der Waals surface area (Å²) in [4.78, 5) is 12.8. The van der Waals surface area contributed by atoms with Crippen LogP contribution in [0.4, 0.5) is 0 Å². The number of carbonyl (C=O) groups is 1. The van der Waals surface area contributed by atoms with E-state index in [1.54, 1.807) is 13.1 Å². The molecule has 1 N–H and O–H groups in total. The number of amides is 1. The highest BCUT2D eigenvalue weighted by Gasteiger charge is 2.23. The van der Waals surface area contributed by atoms with Gasteiger partial charge in [0.25, 0.3) is 5.91 Å². The summed E-state index contributed by atoms with van der Waals surface area (Å²) >= 11 is 0. The lowest BCUT2D eigenvalue weighted by molar-refractivity contribution is 0.0928. The second-order valence-corrected chi connectivity index (χ2v) is 6.87. The summed E-state index contributed by atoms with van der Waals surface area (Å²) < 4.78 is 13.0. The van der Waals surface area contributed by atoms with Crippen molar-refractivity contribution in [2.24, 2.45) is 0 Å². The summed E-state index contributed by atoms with van der Waals surface area (Å²) in [5.74, 6) is 1.01. The summed E-state index contributed by atoms with van der Waals surface area (Å²) in [7, 11) is 0. The van der Waals surface area contributed by atoms with Gasteiger partial charge in [-0.1, -0.05) is 17.3 Å². The van der Waals surface area contributed by atoms with Crippen molar-refractivity contribution in [3.05, 3.63) is 64.3 Å². The topological polar surface area (TPSA) is 82.2 Å². The smallest absolute Gasteiger partial charge is 0.274 e. The largest absolute Gasteiger partial charge is 0.489 e. The van der Waals surface area contributed by atoms with E-state index in [2.05, 4.69) is 15.6 Å². The molecular formula is C21H26N4O3. The highest BCUT2D eigenvalue weighted by atomic mass is 16.5. The summed E-state index contributed by atoms with van der Waals surface area (Å²) in [6, 6.07) is 7.56. The number of benzene rings is 1. The number of nitrogens with zero attached hydrogens (tertiary/aromatic N) is 3. The molecule has 28 heavy (non-hydrogen) atoms. The van der Waals surface area contributed by atoms with Gasteiger partial charge in [0.05, 0.1) is 17.8 Å². The quantitative estimate of drug-likeness (QED) is 0.670. The van der Waals surface area contributed by atoms with Crippen LogP contribution in [-0.4, -0.2) is 20.8 Å². The van der Waals surface area contributed by atoms with Crippen molar-refractivity contribution in [3.63, 3.8) is 0 Å². The molecule has 0 radical (unpaired) electrons. The van der Waals surface area contributed by atoms with E-state index in [1.807, 2.05) is 56.6 Å². The number of aryl methyl sites for hydroxylation is 3. The van der Waals surface area contributed by atoms with E-state index in [4.69, 9.17) is 9.26 Å². The van der Waals surface area contributed by atoms with E-state index in [0.29, 0.717) is 11.3 Å². The van der Waals surface area contributed by atoms with Gasteiger partial charge in [0.15, 0.2) is 5.69 Å². The Morgan fingerprint density at radius 3 is 2.79 bits per heavy atom. The zero-order chi connectivity index (χ0) is 20.3. The lowest BCUT2D eigenvalue weighted by Crippen LogP contribution is -2.28. The predicted octanol–water partition coefficient (Wildman–Crippen LogP) is 3.89. The normalized spacial score (nSPS) is 12.0. The molecule has 1 amide bonds. The van der Waals surface area contributed by atoms with Gasteiger partial charge in [-0.15, -0.1) is 0 Å². The Morgan fingerprint density at radius 1 is 1.32 bits per heavy atom.